The van der Waals surface area contributed by atoms with Crippen molar-refractivity contribution in [3.05, 3.63) is 0 Å². The molecule has 0 aliphatic rings. The van der Waals surface area contributed by atoms with Crippen molar-refractivity contribution in [2.75, 3.05) is 0 Å². The Labute approximate surface area is 117 Å². The molecule has 0 heterocycles. The van der Waals surface area contributed by atoms with Crippen molar-refractivity contribution in [1.82, 2.24) is 0 Å². The standard InChI is InChI=1S/C18H38/c1-8-15(6)11-18(12-16(7)14(4)5)13-17(9-2)10-3/h14-18H,8-13H2,1-7H3. The molecule has 18 heavy (non-hydrogen) atoms. The van der Waals surface area contributed by atoms with E-state index in [0.29, 0.717) is 0 Å². The van der Waals surface area contributed by atoms with Crippen LogP contribution in [0.2, 0.25) is 0 Å². The Morgan fingerprint density at radius 3 is 1.56 bits per heavy atom. The van der Waals surface area contributed by atoms with Crippen LogP contribution in [0.15, 0.2) is 0 Å². The quantitative estimate of drug-likeness (QED) is 0.415. The van der Waals surface area contributed by atoms with Gasteiger partial charge >= 0.3 is 0 Å². The van der Waals surface area contributed by atoms with Crippen molar-refractivity contribution in [1.29, 1.82) is 0 Å². The van der Waals surface area contributed by atoms with Crippen LogP contribution in [0.5, 0.6) is 0 Å². The first-order valence-electron chi connectivity index (χ1n) is 8.44. The Kier molecular flexibility index (Phi) is 9.87. The van der Waals surface area contributed by atoms with E-state index in [1.54, 1.807) is 0 Å². The van der Waals surface area contributed by atoms with Gasteiger partial charge in [-0.1, -0.05) is 67.7 Å². The van der Waals surface area contributed by atoms with Crippen LogP contribution in [0.25, 0.3) is 0 Å². The van der Waals surface area contributed by atoms with E-state index in [1.807, 2.05) is 0 Å². The average molecular weight is 255 g/mol. The summed E-state index contributed by atoms with van der Waals surface area (Å²) in [6.07, 6.45) is 8.43. The number of hydrogen-bond donors (Lipinski definition) is 0. The summed E-state index contributed by atoms with van der Waals surface area (Å²) in [5.41, 5.74) is 0. The van der Waals surface area contributed by atoms with Crippen LogP contribution in [0.1, 0.15) is 87.0 Å². The first kappa shape index (κ1) is 18.0. The molecule has 0 N–H and O–H groups in total. The van der Waals surface area contributed by atoms with Gasteiger partial charge in [-0.05, 0) is 48.9 Å². The summed E-state index contributed by atoms with van der Waals surface area (Å²) in [4.78, 5) is 0. The van der Waals surface area contributed by atoms with E-state index in [1.165, 1.54) is 38.5 Å². The first-order valence-corrected chi connectivity index (χ1v) is 8.44. The molecule has 0 spiro atoms. The lowest BCUT2D eigenvalue weighted by molar-refractivity contribution is 0.232. The molecular weight excluding hydrogens is 216 g/mol. The van der Waals surface area contributed by atoms with E-state index in [0.717, 1.165) is 29.6 Å². The Balaban J connectivity index is 4.40. The molecule has 0 radical (unpaired) electrons. The summed E-state index contributed by atoms with van der Waals surface area (Å²) in [6, 6.07) is 0. The molecule has 0 saturated heterocycles. The van der Waals surface area contributed by atoms with Gasteiger partial charge in [-0.15, -0.1) is 0 Å². The zero-order valence-corrected chi connectivity index (χ0v) is 14.1. The van der Waals surface area contributed by atoms with Crippen LogP contribution in [0.3, 0.4) is 0 Å². The summed E-state index contributed by atoms with van der Waals surface area (Å²) in [6.45, 7) is 16.7. The maximum absolute atomic E-state index is 2.45. The molecule has 0 fully saturated rings. The second-order valence-corrected chi connectivity index (χ2v) is 6.99. The zero-order valence-electron chi connectivity index (χ0n) is 14.1. The van der Waals surface area contributed by atoms with E-state index in [-0.39, 0.29) is 0 Å². The van der Waals surface area contributed by atoms with Crippen molar-refractivity contribution in [3.63, 3.8) is 0 Å². The van der Waals surface area contributed by atoms with Gasteiger partial charge in [-0.25, -0.2) is 0 Å². The molecule has 0 amide bonds. The topological polar surface area (TPSA) is 0 Å². The highest BCUT2D eigenvalue weighted by Crippen LogP contribution is 2.32. The molecule has 0 saturated carbocycles. The van der Waals surface area contributed by atoms with Gasteiger partial charge in [0.05, 0.1) is 0 Å². The van der Waals surface area contributed by atoms with Crippen molar-refractivity contribution in [3.8, 4) is 0 Å². The zero-order chi connectivity index (χ0) is 14.1. The first-order chi connectivity index (χ1) is 8.44. The minimum absolute atomic E-state index is 0.839. The second-order valence-electron chi connectivity index (χ2n) is 6.99. The third-order valence-corrected chi connectivity index (χ3v) is 5.10. The van der Waals surface area contributed by atoms with Gasteiger partial charge in [0.15, 0.2) is 0 Å². The van der Waals surface area contributed by atoms with Crippen LogP contribution in [0, 0.1) is 29.6 Å². The fourth-order valence-corrected chi connectivity index (χ4v) is 2.92. The minimum atomic E-state index is 0.839. The second kappa shape index (κ2) is 9.87. The van der Waals surface area contributed by atoms with E-state index in [4.69, 9.17) is 0 Å². The summed E-state index contributed by atoms with van der Waals surface area (Å²) in [5, 5.41) is 0. The van der Waals surface area contributed by atoms with Crippen LogP contribution < -0.4 is 0 Å². The van der Waals surface area contributed by atoms with Crippen LogP contribution in [-0.2, 0) is 0 Å². The van der Waals surface area contributed by atoms with Crippen molar-refractivity contribution in [2.45, 2.75) is 87.0 Å². The monoisotopic (exact) mass is 254 g/mol. The highest BCUT2D eigenvalue weighted by Gasteiger charge is 2.20. The predicted octanol–water partition coefficient (Wildman–Crippen LogP) is 6.55. The molecule has 3 atom stereocenters. The van der Waals surface area contributed by atoms with E-state index >= 15 is 0 Å². The Morgan fingerprint density at radius 1 is 0.611 bits per heavy atom. The molecule has 110 valence electrons. The Hall–Kier alpha value is 0. The fourth-order valence-electron chi connectivity index (χ4n) is 2.92. The SMILES string of the molecule is CCC(C)CC(CC(CC)CC)CC(C)C(C)C. The van der Waals surface area contributed by atoms with E-state index in [9.17, 15) is 0 Å². The average Bonchev–Trinajstić information content (AvgIpc) is 2.34. The van der Waals surface area contributed by atoms with E-state index < -0.39 is 0 Å². The lowest BCUT2D eigenvalue weighted by Crippen LogP contribution is -2.17. The fraction of sp³-hybridized carbons (Fsp3) is 1.00. The highest BCUT2D eigenvalue weighted by atomic mass is 14.3. The van der Waals surface area contributed by atoms with E-state index in [2.05, 4.69) is 48.5 Å². The maximum atomic E-state index is 2.45. The Bertz CT molecular complexity index is 174. The summed E-state index contributed by atoms with van der Waals surface area (Å²) >= 11 is 0. The smallest absolute Gasteiger partial charge is 0.0406 e. The van der Waals surface area contributed by atoms with Gasteiger partial charge in [0, 0.05) is 0 Å². The maximum Gasteiger partial charge on any atom is -0.0406 e. The van der Waals surface area contributed by atoms with Crippen molar-refractivity contribution in [2.24, 2.45) is 29.6 Å². The predicted molar refractivity (Wildman–Crippen MR) is 84.9 cm³/mol. The van der Waals surface area contributed by atoms with Crippen LogP contribution in [-0.4, -0.2) is 0 Å². The van der Waals surface area contributed by atoms with Crippen molar-refractivity contribution < 1.29 is 0 Å². The molecule has 0 rings (SSSR count). The van der Waals surface area contributed by atoms with Gasteiger partial charge < -0.3 is 0 Å². The molecule has 0 aliphatic carbocycles. The normalized spacial score (nSPS) is 17.2. The number of rotatable bonds is 10. The largest absolute Gasteiger partial charge is 0.0651 e. The molecule has 0 nitrogen and oxygen atoms in total. The van der Waals surface area contributed by atoms with Crippen LogP contribution >= 0.6 is 0 Å². The summed E-state index contributed by atoms with van der Waals surface area (Å²) < 4.78 is 0. The third-order valence-electron chi connectivity index (χ3n) is 5.10. The molecule has 3 unspecified atom stereocenters. The van der Waals surface area contributed by atoms with Gasteiger partial charge in [0.2, 0.25) is 0 Å². The molecular formula is C18H38. The molecule has 0 aromatic carbocycles. The molecule has 0 bridgehead atoms. The summed E-state index contributed by atoms with van der Waals surface area (Å²) in [5.74, 6) is 4.55. The Morgan fingerprint density at radius 2 is 1.17 bits per heavy atom. The van der Waals surface area contributed by atoms with Gasteiger partial charge in [0.1, 0.15) is 0 Å². The van der Waals surface area contributed by atoms with Gasteiger partial charge in [0.25, 0.3) is 0 Å². The molecule has 0 aliphatic heterocycles. The highest BCUT2D eigenvalue weighted by molar-refractivity contribution is 4.71. The van der Waals surface area contributed by atoms with Crippen molar-refractivity contribution >= 4 is 0 Å². The van der Waals surface area contributed by atoms with Gasteiger partial charge in [-0.2, -0.15) is 0 Å². The number of hydrogen-bond acceptors (Lipinski definition) is 0. The lowest BCUT2D eigenvalue weighted by atomic mass is 9.78. The lowest BCUT2D eigenvalue weighted by Gasteiger charge is -2.28. The van der Waals surface area contributed by atoms with Crippen LogP contribution in [0.4, 0.5) is 0 Å². The molecule has 0 aromatic heterocycles. The molecule has 0 heteroatoms. The minimum Gasteiger partial charge on any atom is -0.0651 e. The molecule has 0 aromatic rings. The third kappa shape index (κ3) is 7.44. The van der Waals surface area contributed by atoms with Gasteiger partial charge in [-0.3, -0.25) is 0 Å². The summed E-state index contributed by atoms with van der Waals surface area (Å²) in [7, 11) is 0.